The third kappa shape index (κ3) is 0.905. The molecule has 0 amide bonds. The van der Waals surface area contributed by atoms with Crippen LogP contribution in [0, 0.1) is 5.41 Å². The Morgan fingerprint density at radius 3 is 2.22 bits per heavy atom. The molecular formula is C6H9BO2. The molecule has 2 N–H and O–H groups in total. The molecule has 0 saturated heterocycles. The van der Waals surface area contributed by atoms with E-state index in [2.05, 4.69) is 0 Å². The van der Waals surface area contributed by atoms with Crippen LogP contribution in [0.5, 0.6) is 0 Å². The molecule has 0 aromatic heterocycles. The Kier molecular flexibility index (Phi) is 1.64. The van der Waals surface area contributed by atoms with Gasteiger partial charge in [0, 0.05) is 5.41 Å². The summed E-state index contributed by atoms with van der Waals surface area (Å²) in [5.74, 6) is 1.46. The number of hydrogen-bond donors (Lipinski definition) is 2. The SMILES string of the molecule is [B]C=C1CC1(CO)CO. The average molecular weight is 124 g/mol. The maximum absolute atomic E-state index is 8.70. The molecule has 1 aliphatic rings. The summed E-state index contributed by atoms with van der Waals surface area (Å²) in [6.07, 6.45) is 0.747. The molecule has 1 aliphatic carbocycles. The first kappa shape index (κ1) is 6.84. The van der Waals surface area contributed by atoms with E-state index in [-0.39, 0.29) is 18.6 Å². The Hall–Kier alpha value is -0.275. The van der Waals surface area contributed by atoms with Crippen LogP contribution >= 0.6 is 0 Å². The standard InChI is InChI=1S/C6H9BO2/c7-2-5-1-6(5,3-8)4-9/h2,8-9H,1,3-4H2. The number of aliphatic hydroxyl groups excluding tert-OH is 2. The summed E-state index contributed by atoms with van der Waals surface area (Å²) in [5, 5.41) is 17.4. The molecule has 48 valence electrons. The van der Waals surface area contributed by atoms with Crippen LogP contribution in [0.15, 0.2) is 11.5 Å². The first-order chi connectivity index (χ1) is 4.29. The van der Waals surface area contributed by atoms with Gasteiger partial charge in [0.15, 0.2) is 0 Å². The smallest absolute Gasteiger partial charge is 0.102 e. The van der Waals surface area contributed by atoms with Gasteiger partial charge in [-0.1, -0.05) is 5.57 Å². The lowest BCUT2D eigenvalue weighted by molar-refractivity contribution is 0.143. The molecule has 0 aromatic rings. The maximum Gasteiger partial charge on any atom is 0.102 e. The van der Waals surface area contributed by atoms with Gasteiger partial charge in [-0.2, -0.15) is 0 Å². The van der Waals surface area contributed by atoms with E-state index in [1.54, 1.807) is 0 Å². The average Bonchev–Trinajstić information content (AvgIpc) is 2.63. The molecule has 0 aromatic carbocycles. The van der Waals surface area contributed by atoms with Gasteiger partial charge in [-0.25, -0.2) is 0 Å². The summed E-state index contributed by atoms with van der Waals surface area (Å²) in [4.78, 5) is 0. The van der Waals surface area contributed by atoms with E-state index in [0.29, 0.717) is 0 Å². The minimum Gasteiger partial charge on any atom is -0.395 e. The van der Waals surface area contributed by atoms with Crippen LogP contribution in [0.3, 0.4) is 0 Å². The van der Waals surface area contributed by atoms with Crippen LogP contribution in [0.4, 0.5) is 0 Å². The molecular weight excluding hydrogens is 115 g/mol. The van der Waals surface area contributed by atoms with E-state index in [4.69, 9.17) is 18.1 Å². The Labute approximate surface area is 55.6 Å². The highest BCUT2D eigenvalue weighted by Crippen LogP contribution is 2.50. The zero-order chi connectivity index (χ0) is 6.91. The van der Waals surface area contributed by atoms with Gasteiger partial charge in [-0.15, -0.1) is 5.98 Å². The molecule has 0 aliphatic heterocycles. The van der Waals surface area contributed by atoms with Crippen LogP contribution in [-0.2, 0) is 0 Å². The summed E-state index contributed by atoms with van der Waals surface area (Å²) < 4.78 is 0. The van der Waals surface area contributed by atoms with Crippen molar-refractivity contribution in [3.05, 3.63) is 11.5 Å². The summed E-state index contributed by atoms with van der Waals surface area (Å²) in [7, 11) is 5.18. The van der Waals surface area contributed by atoms with Crippen LogP contribution < -0.4 is 0 Å². The van der Waals surface area contributed by atoms with E-state index in [0.717, 1.165) is 12.0 Å². The molecule has 2 nitrogen and oxygen atoms in total. The largest absolute Gasteiger partial charge is 0.395 e. The second-order valence-electron chi connectivity index (χ2n) is 2.47. The molecule has 2 radical (unpaired) electrons. The van der Waals surface area contributed by atoms with Crippen molar-refractivity contribution in [2.24, 2.45) is 5.41 Å². The molecule has 0 unspecified atom stereocenters. The first-order valence-corrected chi connectivity index (χ1v) is 2.92. The minimum absolute atomic E-state index is 0.00648. The Morgan fingerprint density at radius 1 is 1.56 bits per heavy atom. The van der Waals surface area contributed by atoms with E-state index < -0.39 is 0 Å². The Morgan fingerprint density at radius 2 is 2.11 bits per heavy atom. The van der Waals surface area contributed by atoms with E-state index >= 15 is 0 Å². The number of rotatable bonds is 2. The van der Waals surface area contributed by atoms with Gasteiger partial charge < -0.3 is 10.2 Å². The van der Waals surface area contributed by atoms with Gasteiger partial charge in [0.2, 0.25) is 0 Å². The van der Waals surface area contributed by atoms with Gasteiger partial charge in [0.05, 0.1) is 13.2 Å². The van der Waals surface area contributed by atoms with Crippen molar-refractivity contribution < 1.29 is 10.2 Å². The van der Waals surface area contributed by atoms with E-state index in [9.17, 15) is 0 Å². The fourth-order valence-electron chi connectivity index (χ4n) is 0.921. The predicted octanol–water partition coefficient (Wildman–Crippen LogP) is -0.587. The summed E-state index contributed by atoms with van der Waals surface area (Å²) in [6, 6.07) is 0. The van der Waals surface area contributed by atoms with E-state index in [1.807, 2.05) is 0 Å². The maximum atomic E-state index is 8.70. The van der Waals surface area contributed by atoms with Gasteiger partial charge in [0.1, 0.15) is 7.85 Å². The normalized spacial score (nSPS) is 26.7. The molecule has 1 fully saturated rings. The molecule has 0 atom stereocenters. The lowest BCUT2D eigenvalue weighted by atomic mass is 10.0. The Bertz CT molecular complexity index is 138. The molecule has 3 heteroatoms. The van der Waals surface area contributed by atoms with Crippen LogP contribution in [0.1, 0.15) is 6.42 Å². The van der Waals surface area contributed by atoms with Gasteiger partial charge in [-0.3, -0.25) is 0 Å². The van der Waals surface area contributed by atoms with Crippen molar-refractivity contribution in [1.82, 2.24) is 0 Å². The highest BCUT2D eigenvalue weighted by Gasteiger charge is 2.46. The summed E-state index contributed by atoms with van der Waals surface area (Å²) in [6.45, 7) is 0.0130. The third-order valence-corrected chi connectivity index (χ3v) is 1.89. The zero-order valence-electron chi connectivity index (χ0n) is 5.17. The lowest BCUT2D eigenvalue weighted by Crippen LogP contribution is -2.11. The fourth-order valence-corrected chi connectivity index (χ4v) is 0.921. The van der Waals surface area contributed by atoms with Crippen molar-refractivity contribution in [3.63, 3.8) is 0 Å². The second kappa shape index (κ2) is 2.16. The van der Waals surface area contributed by atoms with Crippen molar-refractivity contribution >= 4 is 7.85 Å². The molecule has 0 heterocycles. The molecule has 0 bridgehead atoms. The van der Waals surface area contributed by atoms with Crippen molar-refractivity contribution in [3.8, 4) is 0 Å². The number of aliphatic hydroxyl groups is 2. The van der Waals surface area contributed by atoms with Gasteiger partial charge >= 0.3 is 0 Å². The fraction of sp³-hybridized carbons (Fsp3) is 0.667. The molecule has 1 saturated carbocycles. The van der Waals surface area contributed by atoms with Crippen molar-refractivity contribution in [1.29, 1.82) is 0 Å². The second-order valence-corrected chi connectivity index (χ2v) is 2.47. The van der Waals surface area contributed by atoms with Gasteiger partial charge in [0.25, 0.3) is 0 Å². The lowest BCUT2D eigenvalue weighted by Gasteiger charge is -2.03. The predicted molar refractivity (Wildman–Crippen MR) is 35.1 cm³/mol. The van der Waals surface area contributed by atoms with Crippen LogP contribution in [0.25, 0.3) is 0 Å². The molecule has 9 heavy (non-hydrogen) atoms. The van der Waals surface area contributed by atoms with E-state index in [1.165, 1.54) is 5.98 Å². The third-order valence-electron chi connectivity index (χ3n) is 1.89. The highest BCUT2D eigenvalue weighted by atomic mass is 16.3. The molecule has 1 rings (SSSR count). The minimum atomic E-state index is -0.352. The van der Waals surface area contributed by atoms with Crippen molar-refractivity contribution in [2.45, 2.75) is 6.42 Å². The monoisotopic (exact) mass is 124 g/mol. The topological polar surface area (TPSA) is 40.5 Å². The van der Waals surface area contributed by atoms with Crippen LogP contribution in [0.2, 0.25) is 0 Å². The van der Waals surface area contributed by atoms with Crippen LogP contribution in [-0.4, -0.2) is 31.3 Å². The highest BCUT2D eigenvalue weighted by molar-refractivity contribution is 6.17. The Balaban J connectivity index is 2.57. The van der Waals surface area contributed by atoms with Gasteiger partial charge in [-0.05, 0) is 6.42 Å². The number of hydrogen-bond acceptors (Lipinski definition) is 2. The first-order valence-electron chi connectivity index (χ1n) is 2.92. The zero-order valence-corrected chi connectivity index (χ0v) is 5.17. The molecule has 0 spiro atoms. The van der Waals surface area contributed by atoms with Crippen molar-refractivity contribution in [2.75, 3.05) is 13.2 Å². The quantitative estimate of drug-likeness (QED) is 0.483. The summed E-state index contributed by atoms with van der Waals surface area (Å²) >= 11 is 0. The summed E-state index contributed by atoms with van der Waals surface area (Å²) in [5.41, 5.74) is 0.613.